The van der Waals surface area contributed by atoms with Crippen LogP contribution in [0.4, 0.5) is 8.78 Å². The highest BCUT2D eigenvalue weighted by Gasteiger charge is 2.23. The maximum Gasteiger partial charge on any atom is 0.387 e. The Kier molecular flexibility index (Phi) is 8.98. The Morgan fingerprint density at radius 1 is 1.24 bits per heavy atom. The van der Waals surface area contributed by atoms with Gasteiger partial charge in [-0.2, -0.15) is 8.78 Å². The Hall–Kier alpha value is -3.01. The standard InChI is InChI=1S/C24H28F2N2O5S/c1-3-32-22(30)13-21-28(14-20(29)27-18-7-5-4-6-15(18)2)23(31)19(34-21)12-16-8-10-17(11-9-16)33-24(25)26/h8-13,15,18,24H,3-7,14H2,1-2H3,(H,27,29)/b19-12+,21-13-/t15-,18-/m1/s1. The molecule has 2 aromatic rings. The first-order valence-corrected chi connectivity index (χ1v) is 12.0. The molecule has 10 heteroatoms. The van der Waals surface area contributed by atoms with Crippen LogP contribution in [0.25, 0.3) is 12.2 Å². The van der Waals surface area contributed by atoms with Crippen LogP contribution in [0.5, 0.6) is 5.75 Å². The number of esters is 1. The van der Waals surface area contributed by atoms with E-state index >= 15 is 0 Å². The second-order valence-electron chi connectivity index (χ2n) is 8.12. The van der Waals surface area contributed by atoms with Crippen LogP contribution in [0, 0.1) is 5.92 Å². The summed E-state index contributed by atoms with van der Waals surface area (Å²) < 4.78 is 35.8. The van der Waals surface area contributed by atoms with Crippen molar-refractivity contribution >= 4 is 35.4 Å². The van der Waals surface area contributed by atoms with Crippen molar-refractivity contribution in [1.29, 1.82) is 0 Å². The zero-order valence-corrected chi connectivity index (χ0v) is 19.9. The lowest BCUT2D eigenvalue weighted by molar-refractivity contribution is -0.135. The smallest absolute Gasteiger partial charge is 0.387 e. The summed E-state index contributed by atoms with van der Waals surface area (Å²) >= 11 is 1.05. The van der Waals surface area contributed by atoms with Gasteiger partial charge in [0.05, 0.1) is 17.2 Å². The van der Waals surface area contributed by atoms with Gasteiger partial charge in [-0.25, -0.2) is 4.79 Å². The molecule has 1 saturated carbocycles. The number of aromatic nitrogens is 1. The maximum atomic E-state index is 13.1. The molecule has 2 atom stereocenters. The molecule has 1 fully saturated rings. The van der Waals surface area contributed by atoms with Gasteiger partial charge in [0.15, 0.2) is 0 Å². The number of benzene rings is 1. The predicted molar refractivity (Wildman–Crippen MR) is 125 cm³/mol. The second-order valence-corrected chi connectivity index (χ2v) is 9.18. The number of halogens is 2. The van der Waals surface area contributed by atoms with Gasteiger partial charge < -0.3 is 14.8 Å². The monoisotopic (exact) mass is 494 g/mol. The number of carbonyl (C=O) groups excluding carboxylic acids is 2. The molecular weight excluding hydrogens is 466 g/mol. The molecule has 1 aromatic heterocycles. The fraction of sp³-hybridized carbons (Fsp3) is 0.458. The fourth-order valence-electron chi connectivity index (χ4n) is 3.90. The van der Waals surface area contributed by atoms with Crippen molar-refractivity contribution in [3.8, 4) is 5.75 Å². The minimum Gasteiger partial charge on any atom is -0.463 e. The van der Waals surface area contributed by atoms with E-state index in [2.05, 4.69) is 17.0 Å². The number of amides is 1. The minimum absolute atomic E-state index is 0.000635. The van der Waals surface area contributed by atoms with Gasteiger partial charge in [0.1, 0.15) is 17.0 Å². The molecule has 1 aromatic carbocycles. The highest BCUT2D eigenvalue weighted by molar-refractivity contribution is 7.07. The lowest BCUT2D eigenvalue weighted by Gasteiger charge is -2.29. The zero-order chi connectivity index (χ0) is 24.7. The van der Waals surface area contributed by atoms with Crippen molar-refractivity contribution in [2.45, 2.75) is 58.7 Å². The molecular formula is C24H28F2N2O5S. The van der Waals surface area contributed by atoms with Crippen molar-refractivity contribution in [1.82, 2.24) is 9.88 Å². The van der Waals surface area contributed by atoms with E-state index in [0.717, 1.165) is 37.0 Å². The van der Waals surface area contributed by atoms with Crippen LogP contribution >= 0.6 is 11.3 Å². The van der Waals surface area contributed by atoms with Gasteiger partial charge in [-0.3, -0.25) is 14.2 Å². The van der Waals surface area contributed by atoms with E-state index in [4.69, 9.17) is 4.74 Å². The third-order valence-corrected chi connectivity index (χ3v) is 6.69. The number of rotatable bonds is 8. The Morgan fingerprint density at radius 3 is 2.59 bits per heavy atom. The Balaban J connectivity index is 1.91. The lowest BCUT2D eigenvalue weighted by atomic mass is 9.86. The quantitative estimate of drug-likeness (QED) is 0.570. The number of ether oxygens (including phenoxy) is 2. The van der Waals surface area contributed by atoms with Crippen molar-refractivity contribution in [3.63, 3.8) is 0 Å². The largest absolute Gasteiger partial charge is 0.463 e. The van der Waals surface area contributed by atoms with Crippen molar-refractivity contribution < 1.29 is 27.8 Å². The SMILES string of the molecule is CCOC(=O)/C=c1\s/c(=C/c2ccc(OC(F)F)cc2)c(=O)n1CC(=O)N[C@@H]1CCCC[C@H]1C. The number of hydrogen-bond donors (Lipinski definition) is 1. The first kappa shape index (κ1) is 25.6. The molecule has 7 nitrogen and oxygen atoms in total. The molecule has 34 heavy (non-hydrogen) atoms. The number of alkyl halides is 2. The molecule has 1 amide bonds. The lowest BCUT2D eigenvalue weighted by Crippen LogP contribution is -2.45. The van der Waals surface area contributed by atoms with Crippen molar-refractivity contribution in [3.05, 3.63) is 49.4 Å². The second kappa shape index (κ2) is 11.9. The maximum absolute atomic E-state index is 13.1. The molecule has 0 spiro atoms. The topological polar surface area (TPSA) is 86.6 Å². The van der Waals surface area contributed by atoms with Gasteiger partial charge >= 0.3 is 12.6 Å². The molecule has 1 N–H and O–H groups in total. The Morgan fingerprint density at radius 2 is 1.94 bits per heavy atom. The number of hydrogen-bond acceptors (Lipinski definition) is 6. The average molecular weight is 495 g/mol. The van der Waals surface area contributed by atoms with Gasteiger partial charge in [0.25, 0.3) is 5.56 Å². The zero-order valence-electron chi connectivity index (χ0n) is 19.1. The van der Waals surface area contributed by atoms with Gasteiger partial charge in [0, 0.05) is 6.04 Å². The minimum atomic E-state index is -2.93. The highest BCUT2D eigenvalue weighted by atomic mass is 32.1. The normalized spacial score (nSPS) is 19.3. The Labute approximate surface area is 199 Å². The van der Waals surface area contributed by atoms with Crippen molar-refractivity contribution in [2.75, 3.05) is 6.61 Å². The van der Waals surface area contributed by atoms with Gasteiger partial charge in [-0.05, 0) is 49.5 Å². The summed E-state index contributed by atoms with van der Waals surface area (Å²) in [5.74, 6) is -0.542. The molecule has 0 aliphatic heterocycles. The van der Waals surface area contributed by atoms with E-state index in [1.165, 1.54) is 34.9 Å². The third kappa shape index (κ3) is 6.99. The summed E-state index contributed by atoms with van der Waals surface area (Å²) in [6.07, 6.45) is 6.91. The summed E-state index contributed by atoms with van der Waals surface area (Å²) in [6, 6.07) is 5.87. The summed E-state index contributed by atoms with van der Waals surface area (Å²) in [6.45, 7) is 0.802. The predicted octanol–water partition coefficient (Wildman–Crippen LogP) is 2.38. The molecule has 184 valence electrons. The fourth-order valence-corrected chi connectivity index (χ4v) is 4.93. The van der Waals surface area contributed by atoms with Gasteiger partial charge in [-0.1, -0.05) is 31.9 Å². The van der Waals surface area contributed by atoms with E-state index < -0.39 is 18.1 Å². The molecule has 0 saturated heterocycles. The van der Waals surface area contributed by atoms with Crippen LogP contribution < -0.4 is 24.8 Å². The molecule has 3 rings (SSSR count). The first-order valence-electron chi connectivity index (χ1n) is 11.2. The highest BCUT2D eigenvalue weighted by Crippen LogP contribution is 2.23. The van der Waals surface area contributed by atoms with Crippen LogP contribution in [0.15, 0.2) is 29.1 Å². The number of nitrogens with one attached hydrogen (secondary N) is 1. The van der Waals surface area contributed by atoms with Crippen LogP contribution in [-0.4, -0.2) is 35.7 Å². The van der Waals surface area contributed by atoms with Crippen LogP contribution in [0.3, 0.4) is 0 Å². The molecule has 1 aliphatic rings. The third-order valence-electron chi connectivity index (χ3n) is 5.63. The van der Waals surface area contributed by atoms with E-state index in [1.54, 1.807) is 13.0 Å². The van der Waals surface area contributed by atoms with Crippen LogP contribution in [0.1, 0.15) is 45.1 Å². The number of carbonyl (C=O) groups is 2. The summed E-state index contributed by atoms with van der Waals surface area (Å²) in [4.78, 5) is 37.9. The first-order chi connectivity index (χ1) is 16.3. The summed E-state index contributed by atoms with van der Waals surface area (Å²) in [5.41, 5.74) is 0.149. The molecule has 0 unspecified atom stereocenters. The number of thiazole rings is 1. The number of nitrogens with zero attached hydrogens (tertiary/aromatic N) is 1. The van der Waals surface area contributed by atoms with E-state index in [-0.39, 0.29) is 35.4 Å². The van der Waals surface area contributed by atoms with Gasteiger partial charge in [0.2, 0.25) is 5.91 Å². The van der Waals surface area contributed by atoms with E-state index in [9.17, 15) is 23.2 Å². The van der Waals surface area contributed by atoms with E-state index in [1.807, 2.05) is 0 Å². The van der Waals surface area contributed by atoms with Gasteiger partial charge in [-0.15, -0.1) is 11.3 Å². The van der Waals surface area contributed by atoms with Crippen LogP contribution in [0.2, 0.25) is 0 Å². The summed E-state index contributed by atoms with van der Waals surface area (Å²) in [5, 5.41) is 3.02. The van der Waals surface area contributed by atoms with E-state index in [0.29, 0.717) is 16.1 Å². The molecule has 0 bridgehead atoms. The molecule has 1 aliphatic carbocycles. The molecule has 1 heterocycles. The van der Waals surface area contributed by atoms with Crippen molar-refractivity contribution in [2.24, 2.45) is 5.92 Å². The average Bonchev–Trinajstić information content (AvgIpc) is 3.05. The summed E-state index contributed by atoms with van der Waals surface area (Å²) in [7, 11) is 0. The molecule has 0 radical (unpaired) electrons. The Bertz CT molecular complexity index is 1170. The van der Waals surface area contributed by atoms with Crippen LogP contribution in [-0.2, 0) is 20.9 Å².